The van der Waals surface area contributed by atoms with Gasteiger partial charge in [0.15, 0.2) is 0 Å². The molecule has 0 bridgehead atoms. The van der Waals surface area contributed by atoms with Gasteiger partial charge in [0.05, 0.1) is 24.6 Å². The van der Waals surface area contributed by atoms with E-state index in [4.69, 9.17) is 5.11 Å². The summed E-state index contributed by atoms with van der Waals surface area (Å²) in [6.45, 7) is -0.421. The third-order valence-electron chi connectivity index (χ3n) is 4.17. The van der Waals surface area contributed by atoms with E-state index in [2.05, 4.69) is 20.8 Å². The van der Waals surface area contributed by atoms with Crippen molar-refractivity contribution in [3.63, 3.8) is 0 Å². The van der Waals surface area contributed by atoms with Crippen LogP contribution in [0.25, 0.3) is 0 Å². The van der Waals surface area contributed by atoms with Crippen LogP contribution < -0.4 is 10.6 Å². The second kappa shape index (κ2) is 7.52. The number of carbonyl (C=O) groups is 2. The van der Waals surface area contributed by atoms with Crippen LogP contribution in [0.1, 0.15) is 32.7 Å². The van der Waals surface area contributed by atoms with Gasteiger partial charge in [-0.3, -0.25) is 9.59 Å². The first-order valence-corrected chi connectivity index (χ1v) is 7.94. The summed E-state index contributed by atoms with van der Waals surface area (Å²) in [4.78, 5) is 24.0. The molecular weight excluding hydrogens is 346 g/mol. The zero-order valence-electron chi connectivity index (χ0n) is 13.6. The van der Waals surface area contributed by atoms with Gasteiger partial charge >= 0.3 is 0 Å². The highest BCUT2D eigenvalue weighted by atomic mass is 19.1. The molecule has 0 aliphatic heterocycles. The molecule has 3 N–H and O–H groups in total. The van der Waals surface area contributed by atoms with E-state index in [1.54, 1.807) is 0 Å². The van der Waals surface area contributed by atoms with Crippen molar-refractivity contribution in [3.8, 4) is 0 Å². The molecule has 26 heavy (non-hydrogen) atoms. The van der Waals surface area contributed by atoms with E-state index in [-0.39, 0.29) is 23.4 Å². The maximum Gasteiger partial charge on any atom is 0.252 e. The molecule has 1 saturated carbocycles. The van der Waals surface area contributed by atoms with Crippen LogP contribution in [0.15, 0.2) is 30.6 Å². The number of benzene rings is 1. The van der Waals surface area contributed by atoms with Gasteiger partial charge in [-0.1, -0.05) is 0 Å². The van der Waals surface area contributed by atoms with Gasteiger partial charge in [0.25, 0.3) is 11.8 Å². The van der Waals surface area contributed by atoms with E-state index in [1.165, 1.54) is 18.5 Å². The molecule has 1 heterocycles. The van der Waals surface area contributed by atoms with E-state index in [1.807, 2.05) is 0 Å². The molecule has 1 aliphatic carbocycles. The number of nitrogens with zero attached hydrogens (tertiary/aromatic N) is 2. The standard InChI is InChI=1S/C17H16F2N4O3/c18-13-3-10(4-14(19)12(13)8-24)17(26)23-15-5-11(15)6-20-16(25)9-1-2-21-22-7-9/h1-4,7,11,15,24H,5-6,8H2,(H,20,25)(H,23,26). The van der Waals surface area contributed by atoms with Gasteiger partial charge in [-0.15, -0.1) is 0 Å². The van der Waals surface area contributed by atoms with Crippen LogP contribution in [-0.4, -0.2) is 39.7 Å². The van der Waals surface area contributed by atoms with Gasteiger partial charge < -0.3 is 15.7 Å². The van der Waals surface area contributed by atoms with Crippen LogP contribution >= 0.6 is 0 Å². The molecule has 1 aromatic carbocycles. The van der Waals surface area contributed by atoms with Crippen molar-refractivity contribution in [2.75, 3.05) is 6.54 Å². The number of rotatable bonds is 6. The smallest absolute Gasteiger partial charge is 0.252 e. The molecule has 3 rings (SSSR count). The van der Waals surface area contributed by atoms with E-state index in [0.29, 0.717) is 18.5 Å². The molecule has 2 amide bonds. The number of hydrogen-bond acceptors (Lipinski definition) is 5. The maximum absolute atomic E-state index is 13.6. The summed E-state index contributed by atoms with van der Waals surface area (Å²) >= 11 is 0. The maximum atomic E-state index is 13.6. The van der Waals surface area contributed by atoms with Crippen molar-refractivity contribution < 1.29 is 23.5 Å². The lowest BCUT2D eigenvalue weighted by molar-refractivity contribution is 0.0948. The summed E-state index contributed by atoms with van der Waals surface area (Å²) in [6.07, 6.45) is 3.41. The fourth-order valence-electron chi connectivity index (χ4n) is 2.54. The normalized spacial score (nSPS) is 18.3. The zero-order valence-corrected chi connectivity index (χ0v) is 13.6. The first kappa shape index (κ1) is 17.9. The van der Waals surface area contributed by atoms with Crippen LogP contribution in [0.5, 0.6) is 0 Å². The van der Waals surface area contributed by atoms with E-state index in [9.17, 15) is 18.4 Å². The van der Waals surface area contributed by atoms with Crippen LogP contribution in [0.3, 0.4) is 0 Å². The lowest BCUT2D eigenvalue weighted by Crippen LogP contribution is -2.31. The third-order valence-corrected chi connectivity index (χ3v) is 4.17. The van der Waals surface area contributed by atoms with Crippen molar-refractivity contribution in [1.29, 1.82) is 0 Å². The molecule has 0 spiro atoms. The summed E-state index contributed by atoms with van der Waals surface area (Å²) in [7, 11) is 0. The summed E-state index contributed by atoms with van der Waals surface area (Å²) in [5.74, 6) is -2.79. The fourth-order valence-corrected chi connectivity index (χ4v) is 2.54. The van der Waals surface area contributed by atoms with Crippen molar-refractivity contribution >= 4 is 11.8 Å². The van der Waals surface area contributed by atoms with Gasteiger partial charge in [-0.2, -0.15) is 10.2 Å². The SMILES string of the molecule is O=C(NCC1CC1NC(=O)c1cc(F)c(CO)c(F)c1)c1ccnnc1. The Morgan fingerprint density at radius 3 is 2.50 bits per heavy atom. The first-order valence-electron chi connectivity index (χ1n) is 7.94. The van der Waals surface area contributed by atoms with Gasteiger partial charge in [0, 0.05) is 23.7 Å². The molecule has 1 aromatic heterocycles. The Balaban J connectivity index is 1.51. The second-order valence-electron chi connectivity index (χ2n) is 5.99. The molecule has 2 atom stereocenters. The number of aromatic nitrogens is 2. The number of halogens is 2. The largest absolute Gasteiger partial charge is 0.391 e. The summed E-state index contributed by atoms with van der Waals surface area (Å²) in [5, 5.41) is 21.5. The van der Waals surface area contributed by atoms with Crippen molar-refractivity contribution in [3.05, 3.63) is 58.9 Å². The van der Waals surface area contributed by atoms with Gasteiger partial charge in [-0.25, -0.2) is 8.78 Å². The Kier molecular flexibility index (Phi) is 5.17. The molecular formula is C17H16F2N4O3. The number of hydrogen-bond donors (Lipinski definition) is 3. The second-order valence-corrected chi connectivity index (χ2v) is 5.99. The first-order chi connectivity index (χ1) is 12.5. The Bertz CT molecular complexity index is 809. The number of carbonyl (C=O) groups excluding carboxylic acids is 2. The summed E-state index contributed by atoms with van der Waals surface area (Å²) < 4.78 is 27.3. The highest BCUT2D eigenvalue weighted by Gasteiger charge is 2.38. The molecule has 2 aromatic rings. The number of aliphatic hydroxyl groups excluding tert-OH is 1. The minimum absolute atomic E-state index is 0.0455. The predicted octanol–water partition coefficient (Wildman–Crippen LogP) is 0.795. The zero-order chi connectivity index (χ0) is 18.7. The highest BCUT2D eigenvalue weighted by molar-refractivity contribution is 5.95. The van der Waals surface area contributed by atoms with Crippen LogP contribution in [0.4, 0.5) is 8.78 Å². The lowest BCUT2D eigenvalue weighted by Gasteiger charge is -2.08. The Hall–Kier alpha value is -2.94. The third kappa shape index (κ3) is 3.99. The van der Waals surface area contributed by atoms with Crippen LogP contribution in [0.2, 0.25) is 0 Å². The van der Waals surface area contributed by atoms with Gasteiger partial charge in [0.2, 0.25) is 0 Å². The minimum Gasteiger partial charge on any atom is -0.391 e. The topological polar surface area (TPSA) is 104 Å². The number of nitrogens with one attached hydrogen (secondary N) is 2. The monoisotopic (exact) mass is 362 g/mol. The quantitative estimate of drug-likeness (QED) is 0.705. The number of aliphatic hydroxyl groups is 1. The molecule has 136 valence electrons. The molecule has 9 heteroatoms. The van der Waals surface area contributed by atoms with E-state index in [0.717, 1.165) is 12.1 Å². The molecule has 0 radical (unpaired) electrons. The minimum atomic E-state index is -0.969. The molecule has 7 nitrogen and oxygen atoms in total. The molecule has 0 saturated heterocycles. The van der Waals surface area contributed by atoms with Crippen LogP contribution in [-0.2, 0) is 6.61 Å². The Morgan fingerprint density at radius 1 is 1.15 bits per heavy atom. The molecule has 2 unspecified atom stereocenters. The Labute approximate surface area is 147 Å². The van der Waals surface area contributed by atoms with Gasteiger partial charge in [-0.05, 0) is 30.5 Å². The highest BCUT2D eigenvalue weighted by Crippen LogP contribution is 2.30. The molecule has 1 fully saturated rings. The Morgan fingerprint density at radius 2 is 1.88 bits per heavy atom. The van der Waals surface area contributed by atoms with Crippen molar-refractivity contribution in [2.24, 2.45) is 5.92 Å². The number of amides is 2. The summed E-state index contributed by atoms with van der Waals surface area (Å²) in [6, 6.07) is 3.13. The van der Waals surface area contributed by atoms with Crippen molar-refractivity contribution in [1.82, 2.24) is 20.8 Å². The average molecular weight is 362 g/mol. The van der Waals surface area contributed by atoms with E-state index >= 15 is 0 Å². The van der Waals surface area contributed by atoms with Crippen molar-refractivity contribution in [2.45, 2.75) is 19.1 Å². The van der Waals surface area contributed by atoms with Crippen LogP contribution in [0, 0.1) is 17.6 Å². The predicted molar refractivity (Wildman–Crippen MR) is 86.0 cm³/mol. The lowest BCUT2D eigenvalue weighted by atomic mass is 10.1. The van der Waals surface area contributed by atoms with E-state index < -0.39 is 29.7 Å². The van der Waals surface area contributed by atoms with Gasteiger partial charge in [0.1, 0.15) is 11.6 Å². The fraction of sp³-hybridized carbons (Fsp3) is 0.294. The average Bonchev–Trinajstić information content (AvgIpc) is 3.38. The molecule has 1 aliphatic rings. The summed E-state index contributed by atoms with van der Waals surface area (Å²) in [5.41, 5.74) is -0.245.